The van der Waals surface area contributed by atoms with Crippen molar-refractivity contribution in [3.63, 3.8) is 0 Å². The third-order valence-electron chi connectivity index (χ3n) is 4.47. The topological polar surface area (TPSA) is 6.48 Å². The molecular formula is C16H22N2W. The van der Waals surface area contributed by atoms with E-state index in [0.717, 1.165) is 18.6 Å². The van der Waals surface area contributed by atoms with Gasteiger partial charge in [-0.2, -0.15) is 0 Å². The second kappa shape index (κ2) is 5.99. The standard InChI is InChI=1S/C16H22N2.W/c1-2-3-9-17-12-16-10-15(17)13-18(16)11-14-7-5-4-6-8-14;/h4-8,15-16H,2,9-13H2,1H3;. The molecule has 0 saturated carbocycles. The number of hydrogen-bond donors (Lipinski definition) is 0. The summed E-state index contributed by atoms with van der Waals surface area (Å²) in [5.74, 6) is 0. The van der Waals surface area contributed by atoms with Gasteiger partial charge in [-0.25, -0.2) is 0 Å². The van der Waals surface area contributed by atoms with Crippen LogP contribution in [-0.4, -0.2) is 45.4 Å². The van der Waals surface area contributed by atoms with Gasteiger partial charge in [-0.1, -0.05) is 0 Å². The number of hydrogen-bond acceptors (Lipinski definition) is 2. The fraction of sp³-hybridized carbons (Fsp3) is 0.562. The van der Waals surface area contributed by atoms with E-state index in [9.17, 15) is 0 Å². The summed E-state index contributed by atoms with van der Waals surface area (Å²) in [4.78, 5) is 5.41. The van der Waals surface area contributed by atoms with Crippen molar-refractivity contribution < 1.29 is 19.4 Å². The van der Waals surface area contributed by atoms with E-state index in [-0.39, 0.29) is 0 Å². The molecule has 2 heterocycles. The van der Waals surface area contributed by atoms with Crippen molar-refractivity contribution in [3.8, 4) is 0 Å². The molecule has 2 saturated heterocycles. The van der Waals surface area contributed by atoms with Crippen LogP contribution in [0, 0.1) is 0 Å². The normalized spacial score (nSPS) is 27.0. The van der Waals surface area contributed by atoms with Crippen molar-refractivity contribution in [1.29, 1.82) is 0 Å². The minimum atomic E-state index is 0.796. The second-order valence-corrected chi connectivity index (χ2v) is 7.85. The summed E-state index contributed by atoms with van der Waals surface area (Å²) in [6.07, 6.45) is 2.65. The predicted octanol–water partition coefficient (Wildman–Crippen LogP) is 2.07. The van der Waals surface area contributed by atoms with Gasteiger partial charge in [-0.15, -0.1) is 0 Å². The molecule has 0 radical (unpaired) electrons. The summed E-state index contributed by atoms with van der Waals surface area (Å²) in [7, 11) is 0. The van der Waals surface area contributed by atoms with Crippen LogP contribution in [-0.2, 0) is 25.9 Å². The zero-order valence-corrected chi connectivity index (χ0v) is 14.5. The van der Waals surface area contributed by atoms with Crippen molar-refractivity contribution in [2.24, 2.45) is 0 Å². The van der Waals surface area contributed by atoms with Gasteiger partial charge in [-0.05, 0) is 0 Å². The quantitative estimate of drug-likeness (QED) is 0.712. The average Bonchev–Trinajstić information content (AvgIpc) is 2.99. The number of likely N-dealkylation sites (tertiary alicyclic amines) is 2. The Labute approximate surface area is 127 Å². The van der Waals surface area contributed by atoms with Crippen LogP contribution in [0.3, 0.4) is 0 Å². The first-order valence-corrected chi connectivity index (χ1v) is 8.76. The molecule has 0 spiro atoms. The first-order valence-electron chi connectivity index (χ1n) is 7.30. The van der Waals surface area contributed by atoms with Gasteiger partial charge in [0.15, 0.2) is 0 Å². The van der Waals surface area contributed by atoms with Crippen molar-refractivity contribution in [2.45, 2.75) is 38.4 Å². The first kappa shape index (κ1) is 13.7. The van der Waals surface area contributed by atoms with Gasteiger partial charge in [-0.3, -0.25) is 0 Å². The molecule has 3 heteroatoms. The molecule has 1 aromatic carbocycles. The molecule has 2 fully saturated rings. The average molecular weight is 426 g/mol. The van der Waals surface area contributed by atoms with Gasteiger partial charge in [0.05, 0.1) is 0 Å². The van der Waals surface area contributed by atoms with Gasteiger partial charge < -0.3 is 0 Å². The van der Waals surface area contributed by atoms with Crippen LogP contribution in [0.2, 0.25) is 0 Å². The van der Waals surface area contributed by atoms with Crippen LogP contribution in [0.5, 0.6) is 0 Å². The fourth-order valence-electron chi connectivity index (χ4n) is 3.38. The Morgan fingerprint density at radius 2 is 1.84 bits per heavy atom. The van der Waals surface area contributed by atoms with Crippen LogP contribution in [0.15, 0.2) is 30.3 Å². The Kier molecular flexibility index (Phi) is 4.31. The van der Waals surface area contributed by atoms with Crippen LogP contribution >= 0.6 is 0 Å². The zero-order valence-electron chi connectivity index (χ0n) is 11.6. The molecule has 102 valence electrons. The SMILES string of the molecule is CC[C](=[W])CN1CC2CC1CN2Cc1ccccc1. The van der Waals surface area contributed by atoms with E-state index in [4.69, 9.17) is 0 Å². The summed E-state index contributed by atoms with van der Waals surface area (Å²) in [5.41, 5.74) is 1.46. The van der Waals surface area contributed by atoms with E-state index < -0.39 is 0 Å². The molecule has 0 amide bonds. The molecule has 3 rings (SSSR count). The van der Waals surface area contributed by atoms with Crippen molar-refractivity contribution in [1.82, 2.24) is 9.80 Å². The van der Waals surface area contributed by atoms with Gasteiger partial charge in [0.25, 0.3) is 0 Å². The van der Waals surface area contributed by atoms with Crippen molar-refractivity contribution in [3.05, 3.63) is 35.9 Å². The summed E-state index contributed by atoms with van der Waals surface area (Å²) < 4.78 is 1.71. The third kappa shape index (κ3) is 3.07. The predicted molar refractivity (Wildman–Crippen MR) is 75.9 cm³/mol. The molecule has 2 bridgehead atoms. The molecule has 1 aromatic rings. The third-order valence-corrected chi connectivity index (χ3v) is 5.97. The Hall–Kier alpha value is -0.302. The Bertz CT molecular complexity index is 445. The number of fused-ring (bicyclic) bond motifs is 2. The molecule has 0 aliphatic carbocycles. The summed E-state index contributed by atoms with van der Waals surface area (Å²) in [6.45, 7) is 7.24. The maximum atomic E-state index is 2.72. The monoisotopic (exact) mass is 426 g/mol. The summed E-state index contributed by atoms with van der Waals surface area (Å²) in [5, 5.41) is 0. The summed E-state index contributed by atoms with van der Waals surface area (Å²) in [6, 6.07) is 12.5. The molecule has 2 aliphatic rings. The zero-order chi connectivity index (χ0) is 13.2. The molecule has 2 aliphatic heterocycles. The Morgan fingerprint density at radius 1 is 1.16 bits per heavy atom. The van der Waals surface area contributed by atoms with Gasteiger partial charge in [0.1, 0.15) is 0 Å². The molecule has 2 unspecified atom stereocenters. The summed E-state index contributed by atoms with van der Waals surface area (Å²) >= 11 is 1.68. The number of rotatable bonds is 5. The van der Waals surface area contributed by atoms with Gasteiger partial charge in [0, 0.05) is 0 Å². The van der Waals surface area contributed by atoms with Crippen LogP contribution in [0.25, 0.3) is 0 Å². The molecule has 0 N–H and O–H groups in total. The van der Waals surface area contributed by atoms with Crippen molar-refractivity contribution in [2.75, 3.05) is 19.6 Å². The van der Waals surface area contributed by atoms with E-state index in [1.165, 1.54) is 38.0 Å². The number of benzene rings is 1. The number of nitrogens with zero attached hydrogens (tertiary/aromatic N) is 2. The Balaban J connectivity index is 1.56. The molecule has 2 atom stereocenters. The van der Waals surface area contributed by atoms with Crippen molar-refractivity contribution >= 4 is 3.90 Å². The van der Waals surface area contributed by atoms with E-state index in [1.807, 2.05) is 0 Å². The molecule has 0 aromatic heterocycles. The van der Waals surface area contributed by atoms with E-state index >= 15 is 0 Å². The van der Waals surface area contributed by atoms with E-state index in [1.54, 1.807) is 23.3 Å². The minimum absolute atomic E-state index is 0.796. The molecular weight excluding hydrogens is 404 g/mol. The fourth-order valence-corrected chi connectivity index (χ4v) is 3.97. The van der Waals surface area contributed by atoms with Crippen LogP contribution < -0.4 is 0 Å². The maximum absolute atomic E-state index is 2.72. The van der Waals surface area contributed by atoms with Gasteiger partial charge >= 0.3 is 127 Å². The second-order valence-electron chi connectivity index (χ2n) is 5.78. The molecule has 19 heavy (non-hydrogen) atoms. The Morgan fingerprint density at radius 3 is 2.47 bits per heavy atom. The first-order chi connectivity index (χ1) is 9.26. The number of piperazine rings is 1. The van der Waals surface area contributed by atoms with E-state index in [2.05, 4.69) is 47.1 Å². The van der Waals surface area contributed by atoms with Gasteiger partial charge in [0.2, 0.25) is 0 Å². The van der Waals surface area contributed by atoms with E-state index in [0.29, 0.717) is 0 Å². The van der Waals surface area contributed by atoms with Crippen LogP contribution in [0.4, 0.5) is 0 Å². The van der Waals surface area contributed by atoms with Crippen LogP contribution in [0.1, 0.15) is 25.3 Å². The molecule has 2 nitrogen and oxygen atoms in total.